The average molecular weight is 459 g/mol. The molecule has 2 heterocycles. The molecule has 0 aliphatic carbocycles. The Labute approximate surface area is 199 Å². The fourth-order valence-corrected chi connectivity index (χ4v) is 4.55. The van der Waals surface area contributed by atoms with Crippen molar-refractivity contribution in [3.8, 4) is 6.07 Å². The van der Waals surface area contributed by atoms with E-state index in [1.54, 1.807) is 0 Å². The molecule has 7 nitrogen and oxygen atoms in total. The second kappa shape index (κ2) is 10.5. The first-order valence-electron chi connectivity index (χ1n) is 11.7. The molecular weight excluding hydrogens is 428 g/mol. The summed E-state index contributed by atoms with van der Waals surface area (Å²) in [5.41, 5.74) is 5.65. The predicted molar refractivity (Wildman–Crippen MR) is 132 cm³/mol. The summed E-state index contributed by atoms with van der Waals surface area (Å²) in [5, 5.41) is 23.6. The van der Waals surface area contributed by atoms with Crippen LogP contribution in [0.25, 0.3) is 23.1 Å². The zero-order valence-electron chi connectivity index (χ0n) is 19.7. The second-order valence-corrected chi connectivity index (χ2v) is 9.20. The van der Waals surface area contributed by atoms with Gasteiger partial charge in [-0.3, -0.25) is 0 Å². The van der Waals surface area contributed by atoms with E-state index in [0.717, 1.165) is 65.6 Å². The van der Waals surface area contributed by atoms with Crippen LogP contribution in [0.3, 0.4) is 0 Å². The summed E-state index contributed by atoms with van der Waals surface area (Å²) >= 11 is 0. The molecule has 1 aliphatic heterocycles. The van der Waals surface area contributed by atoms with Crippen LogP contribution in [-0.2, 0) is 13.0 Å². The van der Waals surface area contributed by atoms with E-state index in [9.17, 15) is 4.79 Å². The highest BCUT2D eigenvalue weighted by atomic mass is 16.5. The van der Waals surface area contributed by atoms with E-state index in [1.165, 1.54) is 4.90 Å². The first-order chi connectivity index (χ1) is 16.4. The molecule has 4 rings (SSSR count). The van der Waals surface area contributed by atoms with Gasteiger partial charge in [-0.05, 0) is 75.0 Å². The quantitative estimate of drug-likeness (QED) is 0.486. The van der Waals surface area contributed by atoms with Gasteiger partial charge in [-0.25, -0.2) is 4.79 Å². The lowest BCUT2D eigenvalue weighted by Crippen LogP contribution is -2.37. The summed E-state index contributed by atoms with van der Waals surface area (Å²) in [6.07, 6.45) is 6.92. The Morgan fingerprint density at radius 1 is 1.21 bits per heavy atom. The van der Waals surface area contributed by atoms with Gasteiger partial charge in [-0.1, -0.05) is 35.5 Å². The third-order valence-corrected chi connectivity index (χ3v) is 6.50. The number of nitriles is 1. The van der Waals surface area contributed by atoms with Gasteiger partial charge in [0.15, 0.2) is 5.58 Å². The number of amides is 1. The van der Waals surface area contributed by atoms with Crippen molar-refractivity contribution in [1.82, 2.24) is 15.0 Å². The van der Waals surface area contributed by atoms with Crippen LogP contribution in [0.5, 0.6) is 0 Å². The van der Waals surface area contributed by atoms with Gasteiger partial charge in [0, 0.05) is 30.6 Å². The summed E-state index contributed by atoms with van der Waals surface area (Å²) in [4.78, 5) is 14.7. The van der Waals surface area contributed by atoms with Crippen molar-refractivity contribution in [2.75, 3.05) is 27.2 Å². The molecule has 176 valence electrons. The first kappa shape index (κ1) is 23.5. The Kier molecular flexibility index (Phi) is 7.29. The molecule has 0 atom stereocenters. The minimum absolute atomic E-state index is 0.512. The lowest BCUT2D eigenvalue weighted by atomic mass is 9.91. The monoisotopic (exact) mass is 458 g/mol. The molecule has 0 radical (unpaired) electrons. The Morgan fingerprint density at radius 3 is 2.59 bits per heavy atom. The van der Waals surface area contributed by atoms with Gasteiger partial charge in [0.25, 0.3) is 0 Å². The minimum Gasteiger partial charge on any atom is -0.465 e. The molecule has 1 fully saturated rings. The number of fused-ring (bicyclic) bond motifs is 1. The average Bonchev–Trinajstić information content (AvgIpc) is 3.26. The lowest BCUT2D eigenvalue weighted by molar-refractivity contribution is 0.123. The number of likely N-dealkylation sites (tertiary alicyclic amines) is 1. The number of piperidine rings is 1. The van der Waals surface area contributed by atoms with Crippen molar-refractivity contribution < 1.29 is 14.4 Å². The van der Waals surface area contributed by atoms with Crippen LogP contribution in [-0.4, -0.2) is 53.3 Å². The summed E-state index contributed by atoms with van der Waals surface area (Å²) < 4.78 is 5.86. The Bertz CT molecular complexity index is 1210. The molecule has 0 spiro atoms. The minimum atomic E-state index is -0.821. The maximum absolute atomic E-state index is 11.1. The molecule has 0 saturated carbocycles. The van der Waals surface area contributed by atoms with Crippen LogP contribution in [0.2, 0.25) is 0 Å². The van der Waals surface area contributed by atoms with Crippen LogP contribution in [0.15, 0.2) is 40.9 Å². The summed E-state index contributed by atoms with van der Waals surface area (Å²) in [6.45, 7) is 1.95. The summed E-state index contributed by atoms with van der Waals surface area (Å²) in [7, 11) is 4.07. The van der Waals surface area contributed by atoms with E-state index in [2.05, 4.69) is 34.3 Å². The molecule has 34 heavy (non-hydrogen) atoms. The second-order valence-electron chi connectivity index (χ2n) is 9.20. The molecule has 1 saturated heterocycles. The van der Waals surface area contributed by atoms with Crippen molar-refractivity contribution in [2.45, 2.75) is 32.2 Å². The zero-order chi connectivity index (χ0) is 24.1. The zero-order valence-corrected chi connectivity index (χ0v) is 19.7. The van der Waals surface area contributed by atoms with Gasteiger partial charge in [-0.15, -0.1) is 0 Å². The topological polar surface area (TPSA) is 93.6 Å². The molecule has 2 aromatic carbocycles. The molecule has 0 bridgehead atoms. The molecule has 0 unspecified atom stereocenters. The number of rotatable bonds is 7. The van der Waals surface area contributed by atoms with Gasteiger partial charge in [0.1, 0.15) is 0 Å². The normalized spacial score (nSPS) is 14.8. The molecule has 7 heteroatoms. The predicted octanol–water partition coefficient (Wildman–Crippen LogP) is 5.25. The largest absolute Gasteiger partial charge is 0.465 e. The van der Waals surface area contributed by atoms with E-state index in [4.69, 9.17) is 14.9 Å². The fourth-order valence-electron chi connectivity index (χ4n) is 4.55. The number of aromatic nitrogens is 1. The molecule has 1 aromatic heterocycles. The third kappa shape index (κ3) is 5.46. The van der Waals surface area contributed by atoms with E-state index < -0.39 is 6.09 Å². The van der Waals surface area contributed by atoms with E-state index in [0.29, 0.717) is 24.6 Å². The van der Waals surface area contributed by atoms with E-state index >= 15 is 0 Å². The van der Waals surface area contributed by atoms with Gasteiger partial charge < -0.3 is 19.4 Å². The Hall–Kier alpha value is -3.63. The Balaban J connectivity index is 1.52. The highest BCUT2D eigenvalue weighted by Crippen LogP contribution is 2.30. The van der Waals surface area contributed by atoms with Crippen LogP contribution in [0, 0.1) is 17.2 Å². The molecule has 3 aromatic rings. The highest BCUT2D eigenvalue weighted by Gasteiger charge is 2.23. The van der Waals surface area contributed by atoms with Gasteiger partial charge in [-0.2, -0.15) is 5.26 Å². The van der Waals surface area contributed by atoms with Crippen LogP contribution in [0.4, 0.5) is 4.79 Å². The smallest absolute Gasteiger partial charge is 0.407 e. The number of benzene rings is 2. The number of carboxylic acid groups (broad SMARTS) is 1. The van der Waals surface area contributed by atoms with Crippen molar-refractivity contribution in [2.24, 2.45) is 5.92 Å². The fraction of sp³-hybridized carbons (Fsp3) is 0.370. The standard InChI is InChI=1S/C27H30N4O3/c1-30(2)18-24-22(9-7-19-3-5-21(17-28)6-4-19)10-11-23-25(29-34-26(23)24)12-8-20-13-15-31(16-14-20)27(32)33/h3-7,9-11,20H,8,12-16,18H2,1-2H3,(H,32,33)/b9-7-. The van der Waals surface area contributed by atoms with E-state index in [-0.39, 0.29) is 0 Å². The molecule has 1 aliphatic rings. The van der Waals surface area contributed by atoms with Crippen molar-refractivity contribution in [3.63, 3.8) is 0 Å². The number of hydrogen-bond donors (Lipinski definition) is 1. The lowest BCUT2D eigenvalue weighted by Gasteiger charge is -2.29. The Morgan fingerprint density at radius 2 is 1.94 bits per heavy atom. The van der Waals surface area contributed by atoms with Crippen LogP contribution >= 0.6 is 0 Å². The van der Waals surface area contributed by atoms with Crippen molar-refractivity contribution >= 4 is 29.2 Å². The summed E-state index contributed by atoms with van der Waals surface area (Å²) in [5.74, 6) is 0.512. The van der Waals surface area contributed by atoms with Crippen molar-refractivity contribution in [1.29, 1.82) is 5.26 Å². The molecular formula is C27H30N4O3. The van der Waals surface area contributed by atoms with E-state index in [1.807, 2.05) is 44.4 Å². The highest BCUT2D eigenvalue weighted by molar-refractivity contribution is 5.87. The van der Waals surface area contributed by atoms with Gasteiger partial charge >= 0.3 is 6.09 Å². The number of hydrogen-bond acceptors (Lipinski definition) is 5. The number of aryl methyl sites for hydroxylation is 1. The summed E-state index contributed by atoms with van der Waals surface area (Å²) in [6, 6.07) is 13.9. The number of carbonyl (C=O) groups is 1. The molecule has 1 amide bonds. The first-order valence-corrected chi connectivity index (χ1v) is 11.7. The van der Waals surface area contributed by atoms with Crippen LogP contribution < -0.4 is 0 Å². The maximum Gasteiger partial charge on any atom is 0.407 e. The third-order valence-electron chi connectivity index (χ3n) is 6.50. The van der Waals surface area contributed by atoms with Gasteiger partial charge in [0.05, 0.1) is 17.3 Å². The van der Waals surface area contributed by atoms with Crippen molar-refractivity contribution in [3.05, 3.63) is 64.3 Å². The molecule has 1 N–H and O–H groups in total. The maximum atomic E-state index is 11.1. The number of nitrogens with zero attached hydrogens (tertiary/aromatic N) is 4. The van der Waals surface area contributed by atoms with Gasteiger partial charge in [0.2, 0.25) is 0 Å². The SMILES string of the molecule is CN(C)Cc1c(/C=C\c2ccc(C#N)cc2)ccc2c(CCC3CCN(C(=O)O)CC3)noc12. The van der Waals surface area contributed by atoms with Crippen LogP contribution in [0.1, 0.15) is 47.2 Å².